The molecule has 0 aliphatic rings. The molecule has 0 radical (unpaired) electrons. The van der Waals surface area contributed by atoms with E-state index in [-0.39, 0.29) is 41.7 Å². The van der Waals surface area contributed by atoms with E-state index in [1.807, 2.05) is 0 Å². The SMILES string of the molecule is CCCCCCCCCCCCCCCCCC/C(=C\C(=O)O)C(=O)O.CCCCCCCCCCCCOS(=O)(=O)O.[NaH]. The van der Waals surface area contributed by atoms with Crippen molar-refractivity contribution in [2.24, 2.45) is 0 Å². The minimum atomic E-state index is -4.23. The van der Waals surface area contributed by atoms with Crippen molar-refractivity contribution in [2.45, 2.75) is 187 Å². The van der Waals surface area contributed by atoms with Gasteiger partial charge in [-0.3, -0.25) is 4.55 Å². The molecule has 0 amide bonds. The molecule has 0 bridgehead atoms. The molecule has 0 spiro atoms. The Balaban J connectivity index is -0.000000812. The van der Waals surface area contributed by atoms with Gasteiger partial charge in [0, 0.05) is 11.6 Å². The van der Waals surface area contributed by atoms with Crippen molar-refractivity contribution >= 4 is 51.9 Å². The zero-order chi connectivity index (χ0) is 32.4. The van der Waals surface area contributed by atoms with Crippen LogP contribution >= 0.6 is 0 Å². The van der Waals surface area contributed by atoms with Gasteiger partial charge >= 0.3 is 51.9 Å². The van der Waals surface area contributed by atoms with Crippen LogP contribution in [0.15, 0.2) is 11.6 Å². The number of rotatable bonds is 31. The zero-order valence-corrected chi connectivity index (χ0v) is 28.5. The molecule has 0 heterocycles. The van der Waals surface area contributed by atoms with Gasteiger partial charge < -0.3 is 10.2 Å². The van der Waals surface area contributed by atoms with Crippen molar-refractivity contribution in [1.82, 2.24) is 0 Å². The van der Waals surface area contributed by atoms with Gasteiger partial charge in [0.1, 0.15) is 0 Å². The minimum absolute atomic E-state index is 0. The van der Waals surface area contributed by atoms with Gasteiger partial charge in [0.15, 0.2) is 0 Å². The van der Waals surface area contributed by atoms with Gasteiger partial charge in [-0.1, -0.05) is 168 Å². The summed E-state index contributed by atoms with van der Waals surface area (Å²) in [5.41, 5.74) is 0.00265. The molecule has 0 rings (SSSR count). The van der Waals surface area contributed by atoms with Crippen molar-refractivity contribution in [3.63, 3.8) is 0 Å². The molecule has 3 N–H and O–H groups in total. The van der Waals surface area contributed by atoms with Crippen LogP contribution in [0.5, 0.6) is 0 Å². The number of hydrogen-bond acceptors (Lipinski definition) is 5. The molecule has 44 heavy (non-hydrogen) atoms. The molecular weight excluding hydrogens is 591 g/mol. The second kappa shape index (κ2) is 37.0. The monoisotopic (exact) mass is 658 g/mol. The van der Waals surface area contributed by atoms with Gasteiger partial charge in [0.2, 0.25) is 0 Å². The standard InChI is InChI=1S/C22H40O4.C12H26O4S.Na.H/c1-2-3-4-5-6-7-8-9-10-11-12-13-14-15-16-17-18-20(22(25)26)19-21(23)24;1-2-3-4-5-6-7-8-9-10-11-12-16-17(13,14)15;;/h19H,2-18H2,1H3,(H,23,24)(H,25,26);2-12H2,1H3,(H,13,14,15);;/b20-19+;;;. The quantitative estimate of drug-likeness (QED) is 0.0290. The molecule has 0 saturated carbocycles. The molecule has 0 aliphatic carbocycles. The van der Waals surface area contributed by atoms with Crippen molar-refractivity contribution < 1.29 is 37.0 Å². The fraction of sp³-hybridized carbons (Fsp3) is 0.882. The third-order valence-corrected chi connectivity index (χ3v) is 8.07. The average molecular weight is 659 g/mol. The Morgan fingerprint density at radius 1 is 0.545 bits per heavy atom. The predicted octanol–water partition coefficient (Wildman–Crippen LogP) is 9.81. The second-order valence-corrected chi connectivity index (χ2v) is 12.9. The van der Waals surface area contributed by atoms with E-state index in [1.165, 1.54) is 128 Å². The summed E-state index contributed by atoms with van der Waals surface area (Å²) in [4.78, 5) is 21.4. The number of carboxylic acids is 2. The van der Waals surface area contributed by atoms with E-state index in [0.717, 1.165) is 38.2 Å². The molecule has 0 aromatic carbocycles. The van der Waals surface area contributed by atoms with Gasteiger partial charge in [-0.15, -0.1) is 0 Å². The molecule has 10 heteroatoms. The van der Waals surface area contributed by atoms with Gasteiger partial charge in [0.05, 0.1) is 6.61 Å². The summed E-state index contributed by atoms with van der Waals surface area (Å²) in [7, 11) is -4.23. The third-order valence-electron chi connectivity index (χ3n) is 7.60. The Bertz CT molecular complexity index is 771. The molecule has 0 saturated heterocycles. The van der Waals surface area contributed by atoms with Crippen LogP contribution in [0.1, 0.15) is 187 Å². The van der Waals surface area contributed by atoms with Gasteiger partial charge in [-0.05, 0) is 19.3 Å². The van der Waals surface area contributed by atoms with Crippen LogP contribution in [0, 0.1) is 0 Å². The Morgan fingerprint density at radius 2 is 0.841 bits per heavy atom. The topological polar surface area (TPSA) is 138 Å². The van der Waals surface area contributed by atoms with E-state index >= 15 is 0 Å². The Hall–Kier alpha value is -0.450. The first-order chi connectivity index (χ1) is 20.6. The summed E-state index contributed by atoms with van der Waals surface area (Å²) in [5, 5.41) is 17.5. The van der Waals surface area contributed by atoms with E-state index in [9.17, 15) is 18.0 Å². The van der Waals surface area contributed by atoms with Crippen molar-refractivity contribution in [1.29, 1.82) is 0 Å². The molecule has 0 aliphatic heterocycles. The molecule has 0 unspecified atom stereocenters. The van der Waals surface area contributed by atoms with Crippen LogP contribution in [0.25, 0.3) is 0 Å². The van der Waals surface area contributed by atoms with E-state index in [2.05, 4.69) is 18.0 Å². The first-order valence-corrected chi connectivity index (χ1v) is 18.8. The molecule has 8 nitrogen and oxygen atoms in total. The third kappa shape index (κ3) is 43.7. The van der Waals surface area contributed by atoms with E-state index in [4.69, 9.17) is 14.8 Å². The normalized spacial score (nSPS) is 11.5. The molecule has 0 aromatic heterocycles. The van der Waals surface area contributed by atoms with Crippen molar-refractivity contribution in [2.75, 3.05) is 6.61 Å². The van der Waals surface area contributed by atoms with Crippen LogP contribution in [-0.2, 0) is 24.2 Å². The van der Waals surface area contributed by atoms with E-state index in [0.29, 0.717) is 12.8 Å². The van der Waals surface area contributed by atoms with Crippen LogP contribution < -0.4 is 0 Å². The first kappa shape index (κ1) is 48.0. The van der Waals surface area contributed by atoms with Crippen LogP contribution in [-0.4, -0.2) is 71.3 Å². The fourth-order valence-corrected chi connectivity index (χ4v) is 5.34. The number of hydrogen-bond donors (Lipinski definition) is 3. The average Bonchev–Trinajstić information content (AvgIpc) is 2.94. The number of carbonyl (C=O) groups is 2. The maximum atomic E-state index is 10.9. The molecule has 0 fully saturated rings. The summed E-state index contributed by atoms with van der Waals surface area (Å²) >= 11 is 0. The summed E-state index contributed by atoms with van der Waals surface area (Å²) in [5.74, 6) is -2.30. The maximum absolute atomic E-state index is 10.9. The first-order valence-electron chi connectivity index (χ1n) is 17.4. The van der Waals surface area contributed by atoms with Crippen molar-refractivity contribution in [3.05, 3.63) is 11.6 Å². The summed E-state index contributed by atoms with van der Waals surface area (Å²) in [6.07, 6.45) is 33.4. The van der Waals surface area contributed by atoms with Crippen LogP contribution in [0.4, 0.5) is 0 Å². The summed E-state index contributed by atoms with van der Waals surface area (Å²) < 4.78 is 33.0. The number of aliphatic carboxylic acids is 2. The van der Waals surface area contributed by atoms with Gasteiger partial charge in [-0.2, -0.15) is 8.42 Å². The number of carboxylic acid groups (broad SMARTS) is 2. The van der Waals surface area contributed by atoms with E-state index < -0.39 is 22.3 Å². The molecular formula is C34H67NaO8S. The van der Waals surface area contributed by atoms with Gasteiger partial charge in [0.25, 0.3) is 0 Å². The van der Waals surface area contributed by atoms with Gasteiger partial charge in [-0.25, -0.2) is 13.8 Å². The molecule has 0 aromatic rings. The Morgan fingerprint density at radius 3 is 1.11 bits per heavy atom. The van der Waals surface area contributed by atoms with Crippen LogP contribution in [0.2, 0.25) is 0 Å². The summed E-state index contributed by atoms with van der Waals surface area (Å²) in [6.45, 7) is 4.57. The van der Waals surface area contributed by atoms with Crippen LogP contribution in [0.3, 0.4) is 0 Å². The Kier molecular flexibility index (Phi) is 40.3. The fourth-order valence-electron chi connectivity index (χ4n) is 5.01. The van der Waals surface area contributed by atoms with Crippen molar-refractivity contribution in [3.8, 4) is 0 Å². The molecule has 258 valence electrons. The Labute approximate surface area is 292 Å². The summed E-state index contributed by atoms with van der Waals surface area (Å²) in [6, 6.07) is 0. The number of unbranched alkanes of at least 4 members (excludes halogenated alkanes) is 24. The molecule has 0 atom stereocenters. The van der Waals surface area contributed by atoms with E-state index in [1.54, 1.807) is 0 Å². The zero-order valence-electron chi connectivity index (χ0n) is 27.7. The second-order valence-electron chi connectivity index (χ2n) is 11.8. The predicted molar refractivity (Wildman–Crippen MR) is 184 cm³/mol.